The lowest BCUT2D eigenvalue weighted by Gasteiger charge is -2.32. The Morgan fingerprint density at radius 3 is 2.50 bits per heavy atom. The van der Waals surface area contributed by atoms with Gasteiger partial charge in [-0.2, -0.15) is 0 Å². The molecule has 1 aliphatic heterocycles. The Labute approximate surface area is 168 Å². The number of rotatable bonds is 5. The molecule has 0 aliphatic carbocycles. The van der Waals surface area contributed by atoms with E-state index < -0.39 is 10.0 Å². The number of hydrogen-bond acceptors (Lipinski definition) is 7. The van der Waals surface area contributed by atoms with Gasteiger partial charge in [-0.25, -0.2) is 8.42 Å². The Morgan fingerprint density at radius 1 is 1.00 bits per heavy atom. The van der Waals surface area contributed by atoms with Crippen LogP contribution in [0, 0.1) is 0 Å². The van der Waals surface area contributed by atoms with Crippen LogP contribution >= 0.6 is 11.3 Å². The fourth-order valence-electron chi connectivity index (χ4n) is 3.05. The third-order valence-corrected chi connectivity index (χ3v) is 7.43. The minimum atomic E-state index is -3.57. The molecule has 7 nitrogen and oxygen atoms in total. The van der Waals surface area contributed by atoms with Gasteiger partial charge in [0, 0.05) is 37.4 Å². The van der Waals surface area contributed by atoms with Gasteiger partial charge in [-0.05, 0) is 42.8 Å². The largest absolute Gasteiger partial charge is 0.353 e. The Kier molecular flexibility index (Phi) is 5.29. The van der Waals surface area contributed by atoms with Gasteiger partial charge in [0.1, 0.15) is 4.21 Å². The fourth-order valence-corrected chi connectivity index (χ4v) is 5.09. The molecule has 1 aromatic carbocycles. The van der Waals surface area contributed by atoms with Crippen molar-refractivity contribution < 1.29 is 8.42 Å². The molecule has 0 amide bonds. The average Bonchev–Trinajstić information content (AvgIpc) is 3.25. The first-order chi connectivity index (χ1) is 13.5. The smallest absolute Gasteiger partial charge is 0.271 e. The van der Waals surface area contributed by atoms with Crippen LogP contribution < -0.4 is 9.62 Å². The molecule has 1 N–H and O–H groups in total. The molecule has 4 rings (SSSR count). The zero-order valence-electron chi connectivity index (χ0n) is 15.4. The number of thiophene rings is 1. The van der Waals surface area contributed by atoms with Crippen LogP contribution in [0.2, 0.25) is 0 Å². The van der Waals surface area contributed by atoms with Gasteiger partial charge in [-0.1, -0.05) is 18.2 Å². The normalized spacial score (nSPS) is 15.5. The number of likely N-dealkylation sites (N-methyl/N-ethyl adjacent to an activating group) is 1. The molecule has 0 saturated carbocycles. The highest BCUT2D eigenvalue weighted by Crippen LogP contribution is 2.25. The van der Waals surface area contributed by atoms with E-state index in [-0.39, 0.29) is 4.21 Å². The average molecular weight is 416 g/mol. The summed E-state index contributed by atoms with van der Waals surface area (Å²) in [5.74, 6) is 0.867. The number of aromatic nitrogens is 2. The van der Waals surface area contributed by atoms with E-state index in [9.17, 15) is 8.42 Å². The van der Waals surface area contributed by atoms with Gasteiger partial charge in [-0.15, -0.1) is 21.5 Å². The third kappa shape index (κ3) is 4.16. The lowest BCUT2D eigenvalue weighted by atomic mass is 10.1. The summed E-state index contributed by atoms with van der Waals surface area (Å²) in [5, 5.41) is 10.5. The standard InChI is InChI=1S/C19H21N5O2S2/c1-23-9-11-24(12-10-23)18-8-7-17(20-21-18)15-4-2-5-16(14-15)22-28(25,26)19-6-3-13-27-19/h2-8,13-14,22H,9-12H2,1H3. The second-order valence-corrected chi connectivity index (χ2v) is 9.54. The lowest BCUT2D eigenvalue weighted by Crippen LogP contribution is -2.44. The highest BCUT2D eigenvalue weighted by Gasteiger charge is 2.17. The number of anilines is 2. The molecule has 0 atom stereocenters. The Balaban J connectivity index is 1.51. The maximum atomic E-state index is 12.4. The van der Waals surface area contributed by atoms with Gasteiger partial charge in [0.25, 0.3) is 10.0 Å². The SMILES string of the molecule is CN1CCN(c2ccc(-c3cccc(NS(=O)(=O)c4cccs4)c3)nn2)CC1. The Morgan fingerprint density at radius 2 is 1.82 bits per heavy atom. The van der Waals surface area contributed by atoms with Gasteiger partial charge >= 0.3 is 0 Å². The molecule has 9 heteroatoms. The molecule has 3 aromatic rings. The summed E-state index contributed by atoms with van der Waals surface area (Å²) in [6.07, 6.45) is 0. The maximum absolute atomic E-state index is 12.4. The van der Waals surface area contributed by atoms with Crippen molar-refractivity contribution in [1.29, 1.82) is 0 Å². The van der Waals surface area contributed by atoms with E-state index >= 15 is 0 Å². The van der Waals surface area contributed by atoms with Crippen LogP contribution in [0.25, 0.3) is 11.3 Å². The van der Waals surface area contributed by atoms with Crippen molar-refractivity contribution in [1.82, 2.24) is 15.1 Å². The Bertz CT molecular complexity index is 1030. The van der Waals surface area contributed by atoms with Crippen molar-refractivity contribution in [2.24, 2.45) is 0 Å². The van der Waals surface area contributed by atoms with Crippen molar-refractivity contribution in [2.75, 3.05) is 42.8 Å². The molecule has 0 unspecified atom stereocenters. The van der Waals surface area contributed by atoms with E-state index in [0.717, 1.165) is 37.6 Å². The molecule has 146 valence electrons. The summed E-state index contributed by atoms with van der Waals surface area (Å²) in [4.78, 5) is 4.52. The quantitative estimate of drug-likeness (QED) is 0.690. The van der Waals surface area contributed by atoms with Crippen molar-refractivity contribution in [2.45, 2.75) is 4.21 Å². The topological polar surface area (TPSA) is 78.4 Å². The van der Waals surface area contributed by atoms with E-state index in [1.807, 2.05) is 18.2 Å². The second-order valence-electron chi connectivity index (χ2n) is 6.69. The number of nitrogens with one attached hydrogen (secondary N) is 1. The first-order valence-corrected chi connectivity index (χ1v) is 11.3. The molecule has 0 bridgehead atoms. The second kappa shape index (κ2) is 7.86. The molecule has 0 spiro atoms. The zero-order chi connectivity index (χ0) is 19.6. The summed E-state index contributed by atoms with van der Waals surface area (Å²) < 4.78 is 27.7. The van der Waals surface area contributed by atoms with Gasteiger partial charge in [-0.3, -0.25) is 4.72 Å². The predicted molar refractivity (Wildman–Crippen MR) is 112 cm³/mol. The summed E-state index contributed by atoms with van der Waals surface area (Å²) in [6, 6.07) is 14.4. The molecule has 1 saturated heterocycles. The predicted octanol–water partition coefficient (Wildman–Crippen LogP) is 2.76. The van der Waals surface area contributed by atoms with Gasteiger partial charge in [0.15, 0.2) is 5.82 Å². The molecule has 28 heavy (non-hydrogen) atoms. The van der Waals surface area contributed by atoms with E-state index in [1.54, 1.807) is 35.7 Å². The van der Waals surface area contributed by atoms with Crippen molar-refractivity contribution >= 4 is 32.9 Å². The van der Waals surface area contributed by atoms with E-state index in [2.05, 4.69) is 31.8 Å². The third-order valence-electron chi connectivity index (χ3n) is 4.65. The van der Waals surface area contributed by atoms with Gasteiger partial charge < -0.3 is 9.80 Å². The minimum Gasteiger partial charge on any atom is -0.353 e. The summed E-state index contributed by atoms with van der Waals surface area (Å²) in [5.41, 5.74) is 2.01. The molecule has 2 aromatic heterocycles. The van der Waals surface area contributed by atoms with Crippen LogP contribution in [0.3, 0.4) is 0 Å². The van der Waals surface area contributed by atoms with Crippen LogP contribution in [0.15, 0.2) is 58.1 Å². The van der Waals surface area contributed by atoms with Crippen LogP contribution in [-0.4, -0.2) is 56.7 Å². The van der Waals surface area contributed by atoms with Crippen molar-refractivity contribution in [3.05, 3.63) is 53.9 Å². The molecule has 3 heterocycles. The highest BCUT2D eigenvalue weighted by molar-refractivity contribution is 7.94. The van der Waals surface area contributed by atoms with E-state index in [0.29, 0.717) is 11.4 Å². The Hall–Kier alpha value is -2.49. The van der Waals surface area contributed by atoms with Crippen LogP contribution in [0.1, 0.15) is 0 Å². The van der Waals surface area contributed by atoms with Crippen LogP contribution in [-0.2, 0) is 10.0 Å². The van der Waals surface area contributed by atoms with Gasteiger partial charge in [0.05, 0.1) is 5.69 Å². The highest BCUT2D eigenvalue weighted by atomic mass is 32.2. The van der Waals surface area contributed by atoms with E-state index in [1.165, 1.54) is 11.3 Å². The van der Waals surface area contributed by atoms with Crippen molar-refractivity contribution in [3.63, 3.8) is 0 Å². The molecule has 0 radical (unpaired) electrons. The molecular weight excluding hydrogens is 394 g/mol. The van der Waals surface area contributed by atoms with Crippen LogP contribution in [0.5, 0.6) is 0 Å². The zero-order valence-corrected chi connectivity index (χ0v) is 17.1. The monoisotopic (exact) mass is 415 g/mol. The lowest BCUT2D eigenvalue weighted by molar-refractivity contribution is 0.312. The summed E-state index contributed by atoms with van der Waals surface area (Å²) in [7, 11) is -1.46. The van der Waals surface area contributed by atoms with Crippen molar-refractivity contribution in [3.8, 4) is 11.3 Å². The summed E-state index contributed by atoms with van der Waals surface area (Å²) in [6.45, 7) is 3.89. The molecule has 1 fully saturated rings. The maximum Gasteiger partial charge on any atom is 0.271 e. The number of hydrogen-bond donors (Lipinski definition) is 1. The first kappa shape index (κ1) is 18.9. The number of sulfonamides is 1. The number of nitrogens with zero attached hydrogens (tertiary/aromatic N) is 4. The number of piperazine rings is 1. The van der Waals surface area contributed by atoms with E-state index in [4.69, 9.17) is 0 Å². The fraction of sp³-hybridized carbons (Fsp3) is 0.263. The minimum absolute atomic E-state index is 0.286. The first-order valence-electron chi connectivity index (χ1n) is 8.95. The van der Waals surface area contributed by atoms with Crippen LogP contribution in [0.4, 0.5) is 11.5 Å². The summed E-state index contributed by atoms with van der Waals surface area (Å²) >= 11 is 1.18. The van der Waals surface area contributed by atoms with Gasteiger partial charge in [0.2, 0.25) is 0 Å². The number of benzene rings is 1. The molecule has 1 aliphatic rings. The molecular formula is C19H21N5O2S2.